The second kappa shape index (κ2) is 5.59. The van der Waals surface area contributed by atoms with Crippen molar-refractivity contribution in [2.75, 3.05) is 5.32 Å². The molecule has 0 spiro atoms. The molecule has 3 aromatic rings. The normalized spacial score (nSPS) is 14.2. The first-order valence-electron chi connectivity index (χ1n) is 7.65. The number of rotatable bonds is 4. The summed E-state index contributed by atoms with van der Waals surface area (Å²) in [5, 5.41) is 13.6. The first kappa shape index (κ1) is 14.1. The average molecular weight is 309 g/mol. The van der Waals surface area contributed by atoms with Crippen LogP contribution in [0.3, 0.4) is 0 Å². The second-order valence-electron chi connectivity index (χ2n) is 5.84. The van der Waals surface area contributed by atoms with Gasteiger partial charge in [-0.25, -0.2) is 14.4 Å². The first-order valence-corrected chi connectivity index (χ1v) is 7.65. The van der Waals surface area contributed by atoms with Crippen LogP contribution in [0.1, 0.15) is 18.4 Å². The fourth-order valence-electron chi connectivity index (χ4n) is 2.65. The lowest BCUT2D eigenvalue weighted by atomic mass is 10.0. The number of aliphatic hydroxyl groups is 1. The molecular weight excluding hydrogens is 293 g/mol. The first-order chi connectivity index (χ1) is 11.2. The van der Waals surface area contributed by atoms with Crippen molar-refractivity contribution in [3.63, 3.8) is 0 Å². The predicted molar refractivity (Wildman–Crippen MR) is 87.5 cm³/mol. The van der Waals surface area contributed by atoms with Gasteiger partial charge < -0.3 is 10.4 Å². The number of fused-ring (bicyclic) bond motifs is 1. The zero-order chi connectivity index (χ0) is 15.8. The molecule has 1 aliphatic rings. The van der Waals surface area contributed by atoms with Gasteiger partial charge in [-0.3, -0.25) is 0 Å². The van der Waals surface area contributed by atoms with Crippen LogP contribution in [0, 0.1) is 5.82 Å². The summed E-state index contributed by atoms with van der Waals surface area (Å²) >= 11 is 0. The molecule has 1 fully saturated rings. The number of aliphatic hydroxyl groups excluding tert-OH is 1. The number of nitrogens with zero attached hydrogens (tertiary/aromatic N) is 2. The molecule has 0 aliphatic heterocycles. The fourth-order valence-corrected chi connectivity index (χ4v) is 2.65. The molecule has 116 valence electrons. The molecular formula is C18H16FN3O. The Morgan fingerprint density at radius 3 is 2.65 bits per heavy atom. The molecule has 1 heterocycles. The summed E-state index contributed by atoms with van der Waals surface area (Å²) in [7, 11) is 0. The third-order valence-corrected chi connectivity index (χ3v) is 4.10. The molecule has 4 rings (SSSR count). The highest BCUT2D eigenvalue weighted by Gasteiger charge is 2.22. The number of nitrogens with one attached hydrogen (secondary N) is 1. The molecule has 2 aromatic carbocycles. The zero-order valence-electron chi connectivity index (χ0n) is 12.5. The highest BCUT2D eigenvalue weighted by molar-refractivity contribution is 5.92. The Bertz CT molecular complexity index is 877. The van der Waals surface area contributed by atoms with Crippen LogP contribution in [0.25, 0.3) is 22.0 Å². The fraction of sp³-hybridized carbons (Fsp3) is 0.222. The van der Waals surface area contributed by atoms with E-state index in [1.807, 2.05) is 18.2 Å². The van der Waals surface area contributed by atoms with Crippen LogP contribution in [0.15, 0.2) is 42.7 Å². The van der Waals surface area contributed by atoms with E-state index in [-0.39, 0.29) is 6.61 Å². The van der Waals surface area contributed by atoms with Crippen molar-refractivity contribution in [1.29, 1.82) is 0 Å². The minimum atomic E-state index is -0.392. The van der Waals surface area contributed by atoms with Crippen LogP contribution in [-0.2, 0) is 6.61 Å². The van der Waals surface area contributed by atoms with Gasteiger partial charge in [0, 0.05) is 17.0 Å². The molecule has 0 amide bonds. The highest BCUT2D eigenvalue weighted by Crippen LogP contribution is 2.31. The smallest absolute Gasteiger partial charge is 0.137 e. The molecule has 2 N–H and O–H groups in total. The summed E-state index contributed by atoms with van der Waals surface area (Å²) in [6.07, 6.45) is 3.90. The van der Waals surface area contributed by atoms with Crippen LogP contribution in [0.4, 0.5) is 10.2 Å². The van der Waals surface area contributed by atoms with Gasteiger partial charge >= 0.3 is 0 Å². The van der Waals surface area contributed by atoms with Gasteiger partial charge in [0.1, 0.15) is 18.0 Å². The minimum Gasteiger partial charge on any atom is -0.392 e. The van der Waals surface area contributed by atoms with Gasteiger partial charge in [0.15, 0.2) is 0 Å². The summed E-state index contributed by atoms with van der Waals surface area (Å²) in [4.78, 5) is 8.65. The number of aromatic nitrogens is 2. The SMILES string of the molecule is OCc1cc(-c2ccc3ncnc(NC4CC4)c3c2)ccc1F. The van der Waals surface area contributed by atoms with Gasteiger partial charge in [-0.1, -0.05) is 12.1 Å². The Labute approximate surface area is 133 Å². The lowest BCUT2D eigenvalue weighted by Gasteiger charge is -2.10. The maximum Gasteiger partial charge on any atom is 0.137 e. The summed E-state index contributed by atoms with van der Waals surface area (Å²) in [5.74, 6) is 0.445. The molecule has 23 heavy (non-hydrogen) atoms. The Morgan fingerprint density at radius 2 is 1.87 bits per heavy atom. The lowest BCUT2D eigenvalue weighted by Crippen LogP contribution is -2.04. The van der Waals surface area contributed by atoms with Crippen LogP contribution in [-0.4, -0.2) is 21.1 Å². The molecule has 4 nitrogen and oxygen atoms in total. The van der Waals surface area contributed by atoms with Crippen molar-refractivity contribution in [2.45, 2.75) is 25.5 Å². The largest absolute Gasteiger partial charge is 0.392 e. The Kier molecular flexibility index (Phi) is 3.42. The van der Waals surface area contributed by atoms with E-state index in [4.69, 9.17) is 0 Å². The number of halogens is 1. The maximum atomic E-state index is 13.6. The van der Waals surface area contributed by atoms with E-state index in [1.165, 1.54) is 18.9 Å². The van der Waals surface area contributed by atoms with Crippen LogP contribution < -0.4 is 5.32 Å². The minimum absolute atomic E-state index is 0.295. The predicted octanol–water partition coefficient (Wildman–Crippen LogP) is 3.50. The Hall–Kier alpha value is -2.53. The van der Waals surface area contributed by atoms with Crippen molar-refractivity contribution < 1.29 is 9.50 Å². The number of hydrogen-bond donors (Lipinski definition) is 2. The van der Waals surface area contributed by atoms with E-state index in [9.17, 15) is 9.50 Å². The van der Waals surface area contributed by atoms with Gasteiger partial charge in [0.25, 0.3) is 0 Å². The van der Waals surface area contributed by atoms with Crippen molar-refractivity contribution in [2.24, 2.45) is 0 Å². The summed E-state index contributed by atoms with van der Waals surface area (Å²) in [6, 6.07) is 11.2. The molecule has 1 aliphatic carbocycles. The lowest BCUT2D eigenvalue weighted by molar-refractivity contribution is 0.276. The van der Waals surface area contributed by atoms with Gasteiger partial charge in [-0.05, 0) is 48.2 Å². The Morgan fingerprint density at radius 1 is 1.09 bits per heavy atom. The van der Waals surface area contributed by atoms with E-state index in [1.54, 1.807) is 18.5 Å². The van der Waals surface area contributed by atoms with Crippen molar-refractivity contribution in [1.82, 2.24) is 9.97 Å². The summed E-state index contributed by atoms with van der Waals surface area (Å²) < 4.78 is 13.6. The Balaban J connectivity index is 1.81. The molecule has 0 bridgehead atoms. The number of benzene rings is 2. The quantitative estimate of drug-likeness (QED) is 0.774. The molecule has 1 aromatic heterocycles. The third kappa shape index (κ3) is 2.75. The van der Waals surface area contributed by atoms with E-state index in [0.29, 0.717) is 11.6 Å². The van der Waals surface area contributed by atoms with Crippen molar-refractivity contribution in [3.8, 4) is 11.1 Å². The van der Waals surface area contributed by atoms with E-state index in [2.05, 4.69) is 15.3 Å². The van der Waals surface area contributed by atoms with Gasteiger partial charge in [-0.2, -0.15) is 0 Å². The van der Waals surface area contributed by atoms with E-state index >= 15 is 0 Å². The number of anilines is 1. The third-order valence-electron chi connectivity index (χ3n) is 4.10. The maximum absolute atomic E-state index is 13.6. The standard InChI is InChI=1S/C18H16FN3O/c19-16-5-1-11(7-13(16)9-23)12-2-6-17-15(8-12)18(21-10-20-17)22-14-3-4-14/h1-2,5-8,10,14,23H,3-4,9H2,(H,20,21,22). The molecule has 5 heteroatoms. The molecule has 0 radical (unpaired) electrons. The van der Waals surface area contributed by atoms with Crippen molar-refractivity contribution in [3.05, 3.63) is 54.1 Å². The number of hydrogen-bond acceptors (Lipinski definition) is 4. The van der Waals surface area contributed by atoms with E-state index < -0.39 is 5.82 Å². The van der Waals surface area contributed by atoms with Gasteiger partial charge in [0.2, 0.25) is 0 Å². The highest BCUT2D eigenvalue weighted by atomic mass is 19.1. The van der Waals surface area contributed by atoms with Gasteiger partial charge in [0.05, 0.1) is 12.1 Å². The van der Waals surface area contributed by atoms with Crippen LogP contribution in [0.5, 0.6) is 0 Å². The van der Waals surface area contributed by atoms with E-state index in [0.717, 1.165) is 27.8 Å². The molecule has 0 atom stereocenters. The molecule has 0 saturated heterocycles. The second-order valence-corrected chi connectivity index (χ2v) is 5.84. The zero-order valence-corrected chi connectivity index (χ0v) is 12.5. The van der Waals surface area contributed by atoms with Crippen molar-refractivity contribution >= 4 is 16.7 Å². The average Bonchev–Trinajstić information content (AvgIpc) is 3.39. The molecule has 0 unspecified atom stereocenters. The van der Waals surface area contributed by atoms with Gasteiger partial charge in [-0.15, -0.1) is 0 Å². The topological polar surface area (TPSA) is 58.0 Å². The van der Waals surface area contributed by atoms with Crippen LogP contribution in [0.2, 0.25) is 0 Å². The monoisotopic (exact) mass is 309 g/mol. The summed E-state index contributed by atoms with van der Waals surface area (Å²) in [5.41, 5.74) is 2.97. The summed E-state index contributed by atoms with van der Waals surface area (Å²) in [6.45, 7) is -0.315. The van der Waals surface area contributed by atoms with Crippen LogP contribution >= 0.6 is 0 Å². The molecule has 1 saturated carbocycles.